The minimum Gasteiger partial charge on any atom is -0.758 e. The molecule has 0 radical (unpaired) electrons. The van der Waals surface area contributed by atoms with Gasteiger partial charge in [0.25, 0.3) is 0 Å². The van der Waals surface area contributed by atoms with Crippen molar-refractivity contribution in [3.8, 4) is 0 Å². The summed E-state index contributed by atoms with van der Waals surface area (Å²) < 4.78 is 0. The first-order valence-corrected chi connectivity index (χ1v) is 3.61. The lowest BCUT2D eigenvalue weighted by molar-refractivity contribution is 0.321. The first-order chi connectivity index (χ1) is 4.69. The maximum absolute atomic E-state index is 11.0. The van der Waals surface area contributed by atoms with E-state index in [4.69, 9.17) is 11.6 Å². The van der Waals surface area contributed by atoms with Crippen molar-refractivity contribution in [2.24, 2.45) is 0 Å². The van der Waals surface area contributed by atoms with Crippen molar-refractivity contribution < 1.29 is 0 Å². The predicted molar refractivity (Wildman–Crippen MR) is 42.6 cm³/mol. The summed E-state index contributed by atoms with van der Waals surface area (Å²) in [5, 5.41) is 11.9. The fraction of sp³-hybridized carbons (Fsp3) is 0.429. The molecule has 1 heterocycles. The molecular weight excluding hydrogens is 150 g/mol. The Kier molecular flexibility index (Phi) is 2.02. The van der Waals surface area contributed by atoms with Crippen molar-refractivity contribution in [2.45, 2.75) is 12.5 Å². The van der Waals surface area contributed by atoms with Gasteiger partial charge in [0.1, 0.15) is 0 Å². The fourth-order valence-corrected chi connectivity index (χ4v) is 0.945. The van der Waals surface area contributed by atoms with E-state index >= 15 is 0 Å². The zero-order valence-corrected chi connectivity index (χ0v) is 6.51. The van der Waals surface area contributed by atoms with Gasteiger partial charge in [-0.3, -0.25) is 0 Å². The number of hydrogen-bond donors (Lipinski definition) is 0. The molecule has 10 heavy (non-hydrogen) atoms. The van der Waals surface area contributed by atoms with Crippen molar-refractivity contribution in [3.05, 3.63) is 29.6 Å². The quantitative estimate of drug-likeness (QED) is 0.545. The topological polar surface area (TPSA) is 26.3 Å². The standard InChI is InChI=1S/C7H9ClNO/c1-7(6-8)4-2-3-5-9(7)10/h2-5H,6H2,1H3/q-1. The number of nitrogens with zero attached hydrogens (tertiary/aromatic N) is 1. The summed E-state index contributed by atoms with van der Waals surface area (Å²) in [4.78, 5) is 0. The zero-order valence-electron chi connectivity index (χ0n) is 5.75. The van der Waals surface area contributed by atoms with Crippen LogP contribution in [-0.4, -0.2) is 16.5 Å². The molecule has 0 fully saturated rings. The third-order valence-corrected chi connectivity index (χ3v) is 2.10. The van der Waals surface area contributed by atoms with Gasteiger partial charge in [-0.25, -0.2) is 0 Å². The molecule has 1 aliphatic heterocycles. The lowest BCUT2D eigenvalue weighted by atomic mass is 10.0. The Labute approximate surface area is 65.4 Å². The van der Waals surface area contributed by atoms with Gasteiger partial charge in [-0.05, 0) is 19.2 Å². The molecule has 0 saturated carbocycles. The molecule has 56 valence electrons. The summed E-state index contributed by atoms with van der Waals surface area (Å²) in [6, 6.07) is 0. The minimum atomic E-state index is -0.545. The van der Waals surface area contributed by atoms with Crippen LogP contribution in [0.1, 0.15) is 6.92 Å². The average molecular weight is 159 g/mol. The SMILES string of the molecule is CC1(CCl)C=CC=CN1[O-]. The number of rotatable bonds is 1. The Balaban J connectivity index is 2.77. The summed E-state index contributed by atoms with van der Waals surface area (Å²) in [5.41, 5.74) is -0.545. The van der Waals surface area contributed by atoms with Crippen LogP contribution >= 0.6 is 11.6 Å². The van der Waals surface area contributed by atoms with E-state index in [2.05, 4.69) is 0 Å². The van der Waals surface area contributed by atoms with E-state index in [1.54, 1.807) is 19.1 Å². The maximum Gasteiger partial charge on any atom is 0.0583 e. The highest BCUT2D eigenvalue weighted by Gasteiger charge is 2.20. The highest BCUT2D eigenvalue weighted by Crippen LogP contribution is 2.20. The van der Waals surface area contributed by atoms with Crippen molar-refractivity contribution in [3.63, 3.8) is 0 Å². The van der Waals surface area contributed by atoms with Gasteiger partial charge in [0.05, 0.1) is 5.54 Å². The average Bonchev–Trinajstić information content (AvgIpc) is 1.96. The number of hydrogen-bond acceptors (Lipinski definition) is 2. The van der Waals surface area contributed by atoms with Crippen LogP contribution < -0.4 is 0 Å². The molecule has 2 nitrogen and oxygen atoms in total. The van der Waals surface area contributed by atoms with Crippen molar-refractivity contribution in [1.29, 1.82) is 0 Å². The highest BCUT2D eigenvalue weighted by atomic mass is 35.5. The van der Waals surface area contributed by atoms with Gasteiger partial charge < -0.3 is 10.3 Å². The van der Waals surface area contributed by atoms with Crippen molar-refractivity contribution >= 4 is 11.6 Å². The second-order valence-electron chi connectivity index (χ2n) is 2.52. The largest absolute Gasteiger partial charge is 0.758 e. The number of alkyl halides is 1. The molecule has 0 amide bonds. The summed E-state index contributed by atoms with van der Waals surface area (Å²) in [5.74, 6) is 0.317. The summed E-state index contributed by atoms with van der Waals surface area (Å²) in [7, 11) is 0. The third-order valence-electron chi connectivity index (χ3n) is 1.56. The summed E-state index contributed by atoms with van der Waals surface area (Å²) in [6.07, 6.45) is 6.80. The second kappa shape index (κ2) is 2.64. The normalized spacial score (nSPS) is 31.3. The molecule has 1 atom stereocenters. The predicted octanol–water partition coefficient (Wildman–Crippen LogP) is 1.87. The van der Waals surface area contributed by atoms with Gasteiger partial charge in [0.15, 0.2) is 0 Å². The monoisotopic (exact) mass is 158 g/mol. The van der Waals surface area contributed by atoms with E-state index in [1.807, 2.05) is 6.08 Å². The van der Waals surface area contributed by atoms with Gasteiger partial charge in [-0.1, -0.05) is 12.2 Å². The zero-order chi connectivity index (χ0) is 7.61. The van der Waals surface area contributed by atoms with Gasteiger partial charge >= 0.3 is 0 Å². The molecule has 0 spiro atoms. The Morgan fingerprint density at radius 3 is 2.70 bits per heavy atom. The van der Waals surface area contributed by atoms with Crippen LogP contribution in [0.5, 0.6) is 0 Å². The number of hydroxylamine groups is 2. The molecule has 3 heteroatoms. The molecule has 1 rings (SSSR count). The molecular formula is C7H9ClNO-. The minimum absolute atomic E-state index is 0.317. The number of allylic oxidation sites excluding steroid dienone is 2. The van der Waals surface area contributed by atoms with E-state index in [9.17, 15) is 5.21 Å². The molecule has 0 bridgehead atoms. The summed E-state index contributed by atoms with van der Waals surface area (Å²) >= 11 is 5.59. The van der Waals surface area contributed by atoms with Gasteiger partial charge in [-0.2, -0.15) is 0 Å². The van der Waals surface area contributed by atoms with Crippen LogP contribution in [0, 0.1) is 5.21 Å². The lowest BCUT2D eigenvalue weighted by Crippen LogP contribution is -2.40. The molecule has 0 aliphatic carbocycles. The molecule has 0 aromatic heterocycles. The smallest absolute Gasteiger partial charge is 0.0583 e. The van der Waals surface area contributed by atoms with Gasteiger partial charge in [-0.15, -0.1) is 11.6 Å². The van der Waals surface area contributed by atoms with Crippen LogP contribution in [-0.2, 0) is 0 Å². The summed E-state index contributed by atoms with van der Waals surface area (Å²) in [6.45, 7) is 1.80. The van der Waals surface area contributed by atoms with Crippen LogP contribution in [0.2, 0.25) is 0 Å². The first kappa shape index (κ1) is 7.63. The van der Waals surface area contributed by atoms with Crippen LogP contribution in [0.4, 0.5) is 0 Å². The lowest BCUT2D eigenvalue weighted by Gasteiger charge is -2.44. The van der Waals surface area contributed by atoms with Crippen LogP contribution in [0.25, 0.3) is 0 Å². The second-order valence-corrected chi connectivity index (χ2v) is 2.78. The van der Waals surface area contributed by atoms with Crippen molar-refractivity contribution in [2.75, 3.05) is 5.88 Å². The fourth-order valence-electron chi connectivity index (χ4n) is 0.738. The Hall–Kier alpha value is -0.470. The van der Waals surface area contributed by atoms with Gasteiger partial charge in [0.2, 0.25) is 0 Å². The molecule has 1 unspecified atom stereocenters. The van der Waals surface area contributed by atoms with Crippen molar-refractivity contribution in [1.82, 2.24) is 5.06 Å². The third kappa shape index (κ3) is 1.18. The first-order valence-electron chi connectivity index (χ1n) is 3.07. The van der Waals surface area contributed by atoms with Crippen LogP contribution in [0.15, 0.2) is 24.4 Å². The Morgan fingerprint density at radius 1 is 1.60 bits per heavy atom. The highest BCUT2D eigenvalue weighted by molar-refractivity contribution is 6.18. The maximum atomic E-state index is 11.0. The number of halogens is 1. The van der Waals surface area contributed by atoms with Crippen LogP contribution in [0.3, 0.4) is 0 Å². The van der Waals surface area contributed by atoms with E-state index in [0.29, 0.717) is 5.88 Å². The van der Waals surface area contributed by atoms with E-state index in [0.717, 1.165) is 5.06 Å². The van der Waals surface area contributed by atoms with E-state index < -0.39 is 5.54 Å². The molecule has 0 N–H and O–H groups in total. The van der Waals surface area contributed by atoms with Gasteiger partial charge in [0, 0.05) is 5.88 Å². The Bertz CT molecular complexity index is 178. The van der Waals surface area contributed by atoms with E-state index in [-0.39, 0.29) is 0 Å². The Morgan fingerprint density at radius 2 is 2.30 bits per heavy atom. The molecule has 0 aromatic carbocycles. The molecule has 1 aliphatic rings. The molecule has 0 saturated heterocycles. The molecule has 0 aromatic rings. The van der Waals surface area contributed by atoms with E-state index in [1.165, 1.54) is 6.20 Å².